The fraction of sp³-hybridized carbons (Fsp3) is 0.667. The van der Waals surface area contributed by atoms with Crippen molar-refractivity contribution in [2.45, 2.75) is 26.8 Å². The van der Waals surface area contributed by atoms with Crippen LogP contribution in [-0.4, -0.2) is 30.0 Å². The second kappa shape index (κ2) is 7.38. The molecular weight excluding hydrogens is 254 g/mol. The van der Waals surface area contributed by atoms with Crippen LogP contribution < -0.4 is 10.9 Å². The molecule has 1 unspecified atom stereocenters. The highest BCUT2D eigenvalue weighted by atomic mass is 35.5. The number of hydrogen-bond acceptors (Lipinski definition) is 4. The molecule has 1 aromatic rings. The third-order valence-corrected chi connectivity index (χ3v) is 3.20. The molecule has 6 heteroatoms. The molecule has 0 aromatic carbocycles. The molecule has 0 amide bonds. The van der Waals surface area contributed by atoms with Gasteiger partial charge < -0.3 is 10.1 Å². The molecule has 0 aliphatic carbocycles. The Morgan fingerprint density at radius 3 is 2.94 bits per heavy atom. The smallest absolute Gasteiger partial charge is 0.287 e. The molecule has 0 aliphatic heterocycles. The Labute approximate surface area is 112 Å². The lowest BCUT2D eigenvalue weighted by Crippen LogP contribution is -2.26. The zero-order valence-electron chi connectivity index (χ0n) is 11.1. The maximum absolute atomic E-state index is 11.9. The van der Waals surface area contributed by atoms with E-state index in [-0.39, 0.29) is 10.6 Å². The third-order valence-electron chi connectivity index (χ3n) is 2.83. The normalized spacial score (nSPS) is 12.4. The van der Waals surface area contributed by atoms with Crippen LogP contribution in [0.1, 0.15) is 20.3 Å². The molecule has 0 spiro atoms. The van der Waals surface area contributed by atoms with Crippen molar-refractivity contribution in [3.63, 3.8) is 0 Å². The highest BCUT2D eigenvalue weighted by Crippen LogP contribution is 2.16. The second-order valence-electron chi connectivity index (χ2n) is 4.29. The maximum atomic E-state index is 11.9. The minimum Gasteiger partial charge on any atom is -0.383 e. The van der Waals surface area contributed by atoms with Crippen LogP contribution >= 0.6 is 11.6 Å². The van der Waals surface area contributed by atoms with Gasteiger partial charge >= 0.3 is 0 Å². The standard InChI is InChI=1S/C12H20ClN3O2/c1-4-9(2)7-14-10-8-15-16(5-6-18-3)12(17)11(10)13/h8-9,14H,4-7H2,1-3H3. The van der Waals surface area contributed by atoms with E-state index in [2.05, 4.69) is 24.3 Å². The van der Waals surface area contributed by atoms with Crippen LogP contribution in [0.15, 0.2) is 11.0 Å². The van der Waals surface area contributed by atoms with Gasteiger partial charge in [0.2, 0.25) is 0 Å². The van der Waals surface area contributed by atoms with Crippen molar-refractivity contribution in [1.29, 1.82) is 0 Å². The number of hydrogen-bond donors (Lipinski definition) is 1. The summed E-state index contributed by atoms with van der Waals surface area (Å²) in [6.45, 7) is 5.87. The molecule has 0 saturated heterocycles. The largest absolute Gasteiger partial charge is 0.383 e. The van der Waals surface area contributed by atoms with Crippen LogP contribution in [0.3, 0.4) is 0 Å². The Kier molecular flexibility index (Phi) is 6.15. The predicted molar refractivity (Wildman–Crippen MR) is 73.3 cm³/mol. The predicted octanol–water partition coefficient (Wildman–Crippen LogP) is 2.00. The van der Waals surface area contributed by atoms with Crippen LogP contribution in [0.2, 0.25) is 5.02 Å². The first kappa shape index (κ1) is 15.0. The topological polar surface area (TPSA) is 56.1 Å². The molecule has 0 radical (unpaired) electrons. The number of halogens is 1. The van der Waals surface area contributed by atoms with Gasteiger partial charge in [-0.1, -0.05) is 31.9 Å². The second-order valence-corrected chi connectivity index (χ2v) is 4.67. The molecule has 1 N–H and O–H groups in total. The van der Waals surface area contributed by atoms with E-state index < -0.39 is 0 Å². The number of ether oxygens (including phenoxy) is 1. The Bertz CT molecular complexity index is 434. The van der Waals surface area contributed by atoms with Gasteiger partial charge in [-0.15, -0.1) is 0 Å². The summed E-state index contributed by atoms with van der Waals surface area (Å²) < 4.78 is 6.21. The van der Waals surface area contributed by atoms with E-state index >= 15 is 0 Å². The molecule has 0 fully saturated rings. The van der Waals surface area contributed by atoms with Crippen LogP contribution in [-0.2, 0) is 11.3 Å². The van der Waals surface area contributed by atoms with Gasteiger partial charge in [0.15, 0.2) is 0 Å². The van der Waals surface area contributed by atoms with Crippen molar-refractivity contribution in [3.05, 3.63) is 21.6 Å². The average Bonchev–Trinajstić information content (AvgIpc) is 2.39. The molecule has 0 saturated carbocycles. The van der Waals surface area contributed by atoms with Crippen LogP contribution in [0.4, 0.5) is 5.69 Å². The summed E-state index contributed by atoms with van der Waals surface area (Å²) in [5, 5.41) is 7.39. The van der Waals surface area contributed by atoms with Crippen molar-refractivity contribution < 1.29 is 4.74 Å². The minimum absolute atomic E-state index is 0.185. The average molecular weight is 274 g/mol. The first-order valence-corrected chi connectivity index (χ1v) is 6.46. The fourth-order valence-electron chi connectivity index (χ4n) is 1.35. The molecule has 1 aromatic heterocycles. The lowest BCUT2D eigenvalue weighted by molar-refractivity contribution is 0.182. The van der Waals surface area contributed by atoms with E-state index in [0.717, 1.165) is 13.0 Å². The van der Waals surface area contributed by atoms with Crippen LogP contribution in [0, 0.1) is 5.92 Å². The summed E-state index contributed by atoms with van der Waals surface area (Å²) in [4.78, 5) is 11.9. The number of nitrogens with zero attached hydrogens (tertiary/aromatic N) is 2. The van der Waals surface area contributed by atoms with Crippen molar-refractivity contribution in [2.75, 3.05) is 25.6 Å². The van der Waals surface area contributed by atoms with Gasteiger partial charge in [0, 0.05) is 13.7 Å². The zero-order chi connectivity index (χ0) is 13.5. The SMILES string of the molecule is CCC(C)CNc1cnn(CCOC)c(=O)c1Cl. The summed E-state index contributed by atoms with van der Waals surface area (Å²) in [6.07, 6.45) is 2.66. The fourth-order valence-corrected chi connectivity index (χ4v) is 1.57. The summed E-state index contributed by atoms with van der Waals surface area (Å²) in [7, 11) is 1.58. The molecule has 5 nitrogen and oxygen atoms in total. The van der Waals surface area contributed by atoms with Crippen LogP contribution in [0.25, 0.3) is 0 Å². The Hall–Kier alpha value is -1.07. The zero-order valence-corrected chi connectivity index (χ0v) is 11.8. The Morgan fingerprint density at radius 2 is 2.33 bits per heavy atom. The van der Waals surface area contributed by atoms with E-state index in [1.165, 1.54) is 4.68 Å². The van der Waals surface area contributed by atoms with Crippen molar-refractivity contribution in [3.8, 4) is 0 Å². The van der Waals surface area contributed by atoms with Gasteiger partial charge in [-0.05, 0) is 5.92 Å². The van der Waals surface area contributed by atoms with Gasteiger partial charge in [0.05, 0.1) is 25.0 Å². The van der Waals surface area contributed by atoms with Crippen molar-refractivity contribution in [1.82, 2.24) is 9.78 Å². The number of rotatable bonds is 7. The highest BCUT2D eigenvalue weighted by molar-refractivity contribution is 6.32. The van der Waals surface area contributed by atoms with E-state index in [0.29, 0.717) is 24.8 Å². The molecule has 0 bridgehead atoms. The summed E-state index contributed by atoms with van der Waals surface area (Å²) in [5.74, 6) is 0.525. The quantitative estimate of drug-likeness (QED) is 0.826. The van der Waals surface area contributed by atoms with Gasteiger partial charge in [-0.3, -0.25) is 4.79 Å². The molecule has 1 heterocycles. The van der Waals surface area contributed by atoms with Gasteiger partial charge in [-0.25, -0.2) is 4.68 Å². The summed E-state index contributed by atoms with van der Waals surface area (Å²) in [5.41, 5.74) is 0.304. The number of aromatic nitrogens is 2. The first-order valence-electron chi connectivity index (χ1n) is 6.08. The maximum Gasteiger partial charge on any atom is 0.287 e. The monoisotopic (exact) mass is 273 g/mol. The molecule has 18 heavy (non-hydrogen) atoms. The van der Waals surface area contributed by atoms with Gasteiger partial charge in [0.25, 0.3) is 5.56 Å². The Balaban J connectivity index is 2.77. The number of nitrogens with one attached hydrogen (secondary N) is 1. The summed E-state index contributed by atoms with van der Waals surface area (Å²) in [6, 6.07) is 0. The van der Waals surface area contributed by atoms with Crippen molar-refractivity contribution >= 4 is 17.3 Å². The Morgan fingerprint density at radius 1 is 1.61 bits per heavy atom. The van der Waals surface area contributed by atoms with Crippen molar-refractivity contribution in [2.24, 2.45) is 5.92 Å². The lowest BCUT2D eigenvalue weighted by atomic mass is 10.1. The molecular formula is C12H20ClN3O2. The minimum atomic E-state index is -0.289. The van der Waals surface area contributed by atoms with E-state index in [4.69, 9.17) is 16.3 Å². The van der Waals surface area contributed by atoms with E-state index in [1.807, 2.05) is 0 Å². The molecule has 102 valence electrons. The molecule has 1 atom stereocenters. The lowest BCUT2D eigenvalue weighted by Gasteiger charge is -2.13. The van der Waals surface area contributed by atoms with Crippen LogP contribution in [0.5, 0.6) is 0 Å². The van der Waals surface area contributed by atoms with Gasteiger partial charge in [-0.2, -0.15) is 5.10 Å². The molecule has 1 rings (SSSR count). The summed E-state index contributed by atoms with van der Waals surface area (Å²) >= 11 is 6.03. The number of anilines is 1. The number of methoxy groups -OCH3 is 1. The van der Waals surface area contributed by atoms with Gasteiger partial charge in [0.1, 0.15) is 5.02 Å². The highest BCUT2D eigenvalue weighted by Gasteiger charge is 2.09. The first-order chi connectivity index (χ1) is 8.60. The third kappa shape index (κ3) is 3.99. The molecule has 0 aliphatic rings. The van der Waals surface area contributed by atoms with E-state index in [1.54, 1.807) is 13.3 Å². The van der Waals surface area contributed by atoms with E-state index in [9.17, 15) is 4.79 Å².